The number of rotatable bonds is 2. The molecule has 0 radical (unpaired) electrons. The van der Waals surface area contributed by atoms with Crippen LogP contribution in [-0.4, -0.2) is 35.6 Å². The molecule has 116 valence electrons. The van der Waals surface area contributed by atoms with Crippen molar-refractivity contribution in [1.82, 2.24) is 16.0 Å². The first kappa shape index (κ1) is 15.8. The summed E-state index contributed by atoms with van der Waals surface area (Å²) in [6.45, 7) is 12.1. The van der Waals surface area contributed by atoms with Gasteiger partial charge in [0.25, 0.3) is 0 Å². The summed E-state index contributed by atoms with van der Waals surface area (Å²) in [4.78, 5) is 12.4. The van der Waals surface area contributed by atoms with Crippen LogP contribution < -0.4 is 16.0 Å². The minimum absolute atomic E-state index is 0.000129. The monoisotopic (exact) mass is 281 g/mol. The van der Waals surface area contributed by atoms with E-state index < -0.39 is 0 Å². The average molecular weight is 281 g/mol. The van der Waals surface area contributed by atoms with Gasteiger partial charge in [-0.25, -0.2) is 0 Å². The van der Waals surface area contributed by atoms with Gasteiger partial charge >= 0.3 is 0 Å². The van der Waals surface area contributed by atoms with Crippen LogP contribution in [0.4, 0.5) is 0 Å². The van der Waals surface area contributed by atoms with Crippen LogP contribution in [0.15, 0.2) is 0 Å². The Morgan fingerprint density at radius 3 is 2.30 bits per heavy atom. The van der Waals surface area contributed by atoms with Crippen LogP contribution in [0.3, 0.4) is 0 Å². The summed E-state index contributed by atoms with van der Waals surface area (Å²) >= 11 is 0. The van der Waals surface area contributed by atoms with Crippen LogP contribution in [0.1, 0.15) is 60.3 Å². The van der Waals surface area contributed by atoms with E-state index in [1.54, 1.807) is 0 Å². The van der Waals surface area contributed by atoms with Gasteiger partial charge in [-0.1, -0.05) is 6.92 Å². The van der Waals surface area contributed by atoms with Gasteiger partial charge in [0.2, 0.25) is 5.91 Å². The minimum atomic E-state index is -0.000129. The normalized spacial score (nSPS) is 33.6. The molecular formula is C16H31N3O. The number of amides is 1. The molecule has 2 saturated heterocycles. The van der Waals surface area contributed by atoms with Crippen LogP contribution >= 0.6 is 0 Å². The zero-order valence-corrected chi connectivity index (χ0v) is 13.7. The van der Waals surface area contributed by atoms with E-state index in [4.69, 9.17) is 0 Å². The van der Waals surface area contributed by atoms with Crippen LogP contribution in [-0.2, 0) is 4.79 Å². The van der Waals surface area contributed by atoms with Crippen molar-refractivity contribution in [2.75, 3.05) is 6.54 Å². The van der Waals surface area contributed by atoms with Crippen LogP contribution in [0.2, 0.25) is 0 Å². The second kappa shape index (κ2) is 5.64. The molecule has 4 nitrogen and oxygen atoms in total. The molecule has 20 heavy (non-hydrogen) atoms. The molecular weight excluding hydrogens is 250 g/mol. The van der Waals surface area contributed by atoms with Crippen LogP contribution in [0.25, 0.3) is 0 Å². The predicted octanol–water partition coefficient (Wildman–Crippen LogP) is 1.80. The average Bonchev–Trinajstić information content (AvgIpc) is 2.24. The highest BCUT2D eigenvalue weighted by Gasteiger charge is 2.39. The van der Waals surface area contributed by atoms with E-state index in [1.807, 2.05) is 0 Å². The molecule has 1 amide bonds. The fourth-order valence-corrected chi connectivity index (χ4v) is 4.03. The number of nitrogens with one attached hydrogen (secondary N) is 3. The molecule has 2 rings (SSSR count). The van der Waals surface area contributed by atoms with Gasteiger partial charge in [0.15, 0.2) is 0 Å². The van der Waals surface area contributed by atoms with Gasteiger partial charge in [0, 0.05) is 17.1 Å². The molecule has 2 atom stereocenters. The molecule has 0 spiro atoms. The number of carbonyl (C=O) groups excluding carboxylic acids is 1. The van der Waals surface area contributed by atoms with E-state index in [-0.39, 0.29) is 29.1 Å². The predicted molar refractivity (Wildman–Crippen MR) is 82.6 cm³/mol. The molecule has 3 N–H and O–H groups in total. The Balaban J connectivity index is 1.93. The van der Waals surface area contributed by atoms with Crippen LogP contribution in [0, 0.1) is 5.92 Å². The largest absolute Gasteiger partial charge is 0.352 e. The summed E-state index contributed by atoms with van der Waals surface area (Å²) in [5.74, 6) is 0.836. The maximum atomic E-state index is 12.4. The quantitative estimate of drug-likeness (QED) is 0.723. The highest BCUT2D eigenvalue weighted by atomic mass is 16.2. The molecule has 0 bridgehead atoms. The Bertz CT molecular complexity index is 349. The van der Waals surface area contributed by atoms with E-state index in [0.717, 1.165) is 25.8 Å². The van der Waals surface area contributed by atoms with Gasteiger partial charge in [-0.2, -0.15) is 0 Å². The smallest absolute Gasteiger partial charge is 0.237 e. The SMILES string of the molecule is CC1CCNC(C(=O)NC2CC(C)(C)NC(C)(C)C2)C1. The van der Waals surface area contributed by atoms with Crippen molar-refractivity contribution in [3.63, 3.8) is 0 Å². The highest BCUT2D eigenvalue weighted by Crippen LogP contribution is 2.28. The lowest BCUT2D eigenvalue weighted by molar-refractivity contribution is -0.125. The van der Waals surface area contributed by atoms with Gasteiger partial charge in [0.1, 0.15) is 0 Å². The fourth-order valence-electron chi connectivity index (χ4n) is 4.03. The lowest BCUT2D eigenvalue weighted by Crippen LogP contribution is -2.63. The van der Waals surface area contributed by atoms with Crippen molar-refractivity contribution in [3.05, 3.63) is 0 Å². The van der Waals surface area contributed by atoms with E-state index in [0.29, 0.717) is 5.92 Å². The maximum Gasteiger partial charge on any atom is 0.237 e. The zero-order valence-electron chi connectivity index (χ0n) is 13.7. The number of hydrogen-bond donors (Lipinski definition) is 3. The summed E-state index contributed by atoms with van der Waals surface area (Å²) in [5.41, 5.74) is 0.153. The Hall–Kier alpha value is -0.610. The van der Waals surface area contributed by atoms with Gasteiger partial charge < -0.3 is 16.0 Å². The number of carbonyl (C=O) groups is 1. The third kappa shape index (κ3) is 4.19. The van der Waals surface area contributed by atoms with E-state index in [1.165, 1.54) is 6.42 Å². The first-order valence-corrected chi connectivity index (χ1v) is 8.00. The number of piperidine rings is 2. The molecule has 2 heterocycles. The molecule has 0 aromatic rings. The molecule has 4 heteroatoms. The second-order valence-corrected chi connectivity index (χ2v) is 8.14. The van der Waals surface area contributed by atoms with Gasteiger partial charge in [-0.15, -0.1) is 0 Å². The van der Waals surface area contributed by atoms with E-state index in [9.17, 15) is 4.79 Å². The van der Waals surface area contributed by atoms with E-state index >= 15 is 0 Å². The Morgan fingerprint density at radius 2 is 1.75 bits per heavy atom. The molecule has 0 aromatic heterocycles. The molecule has 2 aliphatic rings. The lowest BCUT2D eigenvalue weighted by Gasteiger charge is -2.47. The summed E-state index contributed by atoms with van der Waals surface area (Å²) in [7, 11) is 0. The standard InChI is InChI=1S/C16H31N3O/c1-11-6-7-17-13(8-11)14(20)18-12-9-15(2,3)19-16(4,5)10-12/h11-13,17,19H,6-10H2,1-5H3,(H,18,20). The maximum absolute atomic E-state index is 12.4. The Morgan fingerprint density at radius 1 is 1.15 bits per heavy atom. The third-order valence-corrected chi connectivity index (χ3v) is 4.52. The first-order chi connectivity index (χ1) is 9.17. The van der Waals surface area contributed by atoms with Crippen molar-refractivity contribution in [3.8, 4) is 0 Å². The van der Waals surface area contributed by atoms with Crippen LogP contribution in [0.5, 0.6) is 0 Å². The van der Waals surface area contributed by atoms with E-state index in [2.05, 4.69) is 50.6 Å². The first-order valence-electron chi connectivity index (χ1n) is 8.00. The summed E-state index contributed by atoms with van der Waals surface area (Å²) < 4.78 is 0. The topological polar surface area (TPSA) is 53.2 Å². The molecule has 0 aromatic carbocycles. The molecule has 2 aliphatic heterocycles. The van der Waals surface area contributed by atoms with Crippen molar-refractivity contribution in [2.24, 2.45) is 5.92 Å². The van der Waals surface area contributed by atoms with Crippen molar-refractivity contribution in [2.45, 2.75) is 83.5 Å². The molecule has 0 saturated carbocycles. The van der Waals surface area contributed by atoms with Gasteiger partial charge in [-0.3, -0.25) is 4.79 Å². The fraction of sp³-hybridized carbons (Fsp3) is 0.938. The Labute approximate surface area is 123 Å². The van der Waals surface area contributed by atoms with Crippen molar-refractivity contribution >= 4 is 5.91 Å². The summed E-state index contributed by atoms with van der Waals surface area (Å²) in [5, 5.41) is 10.3. The summed E-state index contributed by atoms with van der Waals surface area (Å²) in [6.07, 6.45) is 4.12. The summed E-state index contributed by atoms with van der Waals surface area (Å²) in [6, 6.07) is 0.271. The highest BCUT2D eigenvalue weighted by molar-refractivity contribution is 5.82. The zero-order chi connectivity index (χ0) is 15.0. The third-order valence-electron chi connectivity index (χ3n) is 4.52. The molecule has 0 aliphatic carbocycles. The van der Waals surface area contributed by atoms with Gasteiger partial charge in [0.05, 0.1) is 6.04 Å². The minimum Gasteiger partial charge on any atom is -0.352 e. The van der Waals surface area contributed by atoms with Crippen molar-refractivity contribution in [1.29, 1.82) is 0 Å². The Kier molecular flexibility index (Phi) is 4.45. The molecule has 2 unspecified atom stereocenters. The second-order valence-electron chi connectivity index (χ2n) is 8.14. The van der Waals surface area contributed by atoms with Gasteiger partial charge in [-0.05, 0) is 65.8 Å². The molecule has 2 fully saturated rings. The lowest BCUT2D eigenvalue weighted by atomic mass is 9.79. The van der Waals surface area contributed by atoms with Crippen molar-refractivity contribution < 1.29 is 4.79 Å². The number of hydrogen-bond acceptors (Lipinski definition) is 3.